The molecule has 0 unspecified atom stereocenters. The molecule has 0 aromatic heterocycles. The first-order chi connectivity index (χ1) is 12.4. The first kappa shape index (κ1) is 20.8. The molecular formula is C18H28N2O5S. The van der Waals surface area contributed by atoms with Gasteiger partial charge in [-0.05, 0) is 31.9 Å². The smallest absolute Gasteiger partial charge is 0.243 e. The molecule has 26 heavy (non-hydrogen) atoms. The number of benzene rings is 1. The van der Waals surface area contributed by atoms with E-state index >= 15 is 0 Å². The molecule has 1 saturated heterocycles. The highest BCUT2D eigenvalue weighted by Crippen LogP contribution is 2.27. The highest BCUT2D eigenvalue weighted by Gasteiger charge is 2.41. The molecule has 0 bridgehead atoms. The predicted molar refractivity (Wildman–Crippen MR) is 98.4 cm³/mol. The fraction of sp³-hybridized carbons (Fsp3) is 0.611. The van der Waals surface area contributed by atoms with Crippen molar-refractivity contribution < 1.29 is 22.7 Å². The van der Waals surface area contributed by atoms with Gasteiger partial charge in [-0.2, -0.15) is 4.31 Å². The topological polar surface area (TPSA) is 76.2 Å². The fourth-order valence-corrected chi connectivity index (χ4v) is 4.72. The number of aryl methyl sites for hydroxylation is 1. The summed E-state index contributed by atoms with van der Waals surface area (Å²) in [6.45, 7) is 3.87. The van der Waals surface area contributed by atoms with Crippen LogP contribution in [0.4, 0.5) is 0 Å². The van der Waals surface area contributed by atoms with Crippen molar-refractivity contribution in [3.05, 3.63) is 29.8 Å². The predicted octanol–water partition coefficient (Wildman–Crippen LogP) is 1.27. The van der Waals surface area contributed by atoms with Gasteiger partial charge in [-0.15, -0.1) is 0 Å². The zero-order valence-corrected chi connectivity index (χ0v) is 16.5. The highest BCUT2D eigenvalue weighted by molar-refractivity contribution is 7.89. The molecule has 1 aromatic rings. The summed E-state index contributed by atoms with van der Waals surface area (Å²) in [6.07, 6.45) is 1.20. The van der Waals surface area contributed by atoms with E-state index in [2.05, 4.69) is 0 Å². The second-order valence-electron chi connectivity index (χ2n) is 6.40. The lowest BCUT2D eigenvalue weighted by molar-refractivity contribution is -0.135. The molecule has 7 nitrogen and oxygen atoms in total. The van der Waals surface area contributed by atoms with E-state index in [1.54, 1.807) is 43.4 Å². The lowest BCUT2D eigenvalue weighted by Gasteiger charge is -2.29. The summed E-state index contributed by atoms with van der Waals surface area (Å²) in [5.74, 6) is -0.188. The molecule has 1 fully saturated rings. The van der Waals surface area contributed by atoms with Gasteiger partial charge in [0, 0.05) is 33.9 Å². The minimum atomic E-state index is -3.70. The number of hydrogen-bond acceptors (Lipinski definition) is 5. The monoisotopic (exact) mass is 384 g/mol. The van der Waals surface area contributed by atoms with E-state index in [9.17, 15) is 13.2 Å². The second kappa shape index (κ2) is 9.45. The molecule has 0 radical (unpaired) electrons. The Hall–Kier alpha value is -1.48. The van der Waals surface area contributed by atoms with Gasteiger partial charge in [0.2, 0.25) is 15.9 Å². The SMILES string of the molecule is COCCN(CCOC)C(=O)[C@@H]1CCCN1S(=O)(=O)c1ccc(C)cc1. The van der Waals surface area contributed by atoms with Crippen molar-refractivity contribution in [3.63, 3.8) is 0 Å². The minimum absolute atomic E-state index is 0.188. The summed E-state index contributed by atoms with van der Waals surface area (Å²) in [7, 11) is -0.557. The molecule has 1 amide bonds. The Morgan fingerprint density at radius 1 is 1.15 bits per heavy atom. The molecule has 0 spiro atoms. The summed E-state index contributed by atoms with van der Waals surface area (Å²) in [4.78, 5) is 14.9. The van der Waals surface area contributed by atoms with Crippen LogP contribution in [0, 0.1) is 6.92 Å². The van der Waals surface area contributed by atoms with Crippen LogP contribution in [0.5, 0.6) is 0 Å². The van der Waals surface area contributed by atoms with Crippen LogP contribution in [-0.4, -0.2) is 76.6 Å². The molecule has 1 heterocycles. The summed E-state index contributed by atoms with van der Waals surface area (Å²) in [5, 5.41) is 0. The molecule has 146 valence electrons. The maximum Gasteiger partial charge on any atom is 0.243 e. The van der Waals surface area contributed by atoms with E-state index in [4.69, 9.17) is 9.47 Å². The average Bonchev–Trinajstić information content (AvgIpc) is 3.12. The first-order valence-corrected chi connectivity index (χ1v) is 10.2. The molecule has 0 saturated carbocycles. The third-order valence-electron chi connectivity index (χ3n) is 4.56. The summed E-state index contributed by atoms with van der Waals surface area (Å²) >= 11 is 0. The number of carbonyl (C=O) groups excluding carboxylic acids is 1. The van der Waals surface area contributed by atoms with Crippen molar-refractivity contribution in [2.24, 2.45) is 0 Å². The number of nitrogens with zero attached hydrogens (tertiary/aromatic N) is 2. The normalized spacial score (nSPS) is 18.2. The first-order valence-electron chi connectivity index (χ1n) is 8.77. The standard InChI is InChI=1S/C18H28N2O5S/c1-15-6-8-16(9-7-15)26(22,23)20-10-4-5-17(20)18(21)19(11-13-24-2)12-14-25-3/h6-9,17H,4-5,10-14H2,1-3H3/t17-/m0/s1. The van der Waals surface area contributed by atoms with Gasteiger partial charge in [0.05, 0.1) is 18.1 Å². The lowest BCUT2D eigenvalue weighted by Crippen LogP contribution is -2.49. The van der Waals surface area contributed by atoms with Gasteiger partial charge >= 0.3 is 0 Å². The van der Waals surface area contributed by atoms with Crippen LogP contribution in [0.15, 0.2) is 29.2 Å². The molecular weight excluding hydrogens is 356 g/mol. The van der Waals surface area contributed by atoms with Gasteiger partial charge in [-0.1, -0.05) is 17.7 Å². The second-order valence-corrected chi connectivity index (χ2v) is 8.29. The molecule has 0 aliphatic carbocycles. The van der Waals surface area contributed by atoms with Crippen molar-refractivity contribution in [1.82, 2.24) is 9.21 Å². The van der Waals surface area contributed by atoms with Crippen LogP contribution in [0.2, 0.25) is 0 Å². The van der Waals surface area contributed by atoms with Gasteiger partial charge in [-0.25, -0.2) is 8.42 Å². The van der Waals surface area contributed by atoms with Crippen LogP contribution in [0.3, 0.4) is 0 Å². The van der Waals surface area contributed by atoms with Gasteiger partial charge < -0.3 is 14.4 Å². The maximum absolute atomic E-state index is 13.0. The molecule has 2 rings (SSSR count). The zero-order chi connectivity index (χ0) is 19.2. The Kier molecular flexibility index (Phi) is 7.57. The average molecular weight is 384 g/mol. The fourth-order valence-electron chi connectivity index (χ4n) is 3.07. The minimum Gasteiger partial charge on any atom is -0.383 e. The van der Waals surface area contributed by atoms with Crippen molar-refractivity contribution in [2.45, 2.75) is 30.7 Å². The Morgan fingerprint density at radius 2 is 1.73 bits per heavy atom. The Balaban J connectivity index is 2.21. The molecule has 1 aromatic carbocycles. The van der Waals surface area contributed by atoms with Gasteiger partial charge in [-0.3, -0.25) is 4.79 Å². The van der Waals surface area contributed by atoms with Crippen LogP contribution >= 0.6 is 0 Å². The quantitative estimate of drug-likeness (QED) is 0.641. The molecule has 8 heteroatoms. The summed E-state index contributed by atoms with van der Waals surface area (Å²) in [6, 6.07) is 6.05. The molecule has 1 aliphatic rings. The van der Waals surface area contributed by atoms with E-state index in [0.717, 1.165) is 5.56 Å². The summed E-state index contributed by atoms with van der Waals surface area (Å²) < 4.78 is 37.5. The number of carbonyl (C=O) groups is 1. The van der Waals surface area contributed by atoms with Crippen molar-refractivity contribution >= 4 is 15.9 Å². The third kappa shape index (κ3) is 4.82. The highest BCUT2D eigenvalue weighted by atomic mass is 32.2. The number of amides is 1. The molecule has 1 atom stereocenters. The zero-order valence-electron chi connectivity index (χ0n) is 15.7. The van der Waals surface area contributed by atoms with Crippen molar-refractivity contribution in [3.8, 4) is 0 Å². The number of sulfonamides is 1. The maximum atomic E-state index is 13.0. The third-order valence-corrected chi connectivity index (χ3v) is 6.48. The van der Waals surface area contributed by atoms with E-state index in [-0.39, 0.29) is 10.8 Å². The van der Waals surface area contributed by atoms with Crippen LogP contribution in [0.25, 0.3) is 0 Å². The Morgan fingerprint density at radius 3 is 2.27 bits per heavy atom. The van der Waals surface area contributed by atoms with E-state index in [1.807, 2.05) is 6.92 Å². The van der Waals surface area contributed by atoms with Crippen molar-refractivity contribution in [1.29, 1.82) is 0 Å². The van der Waals surface area contributed by atoms with Gasteiger partial charge in [0.15, 0.2) is 0 Å². The van der Waals surface area contributed by atoms with Crippen molar-refractivity contribution in [2.75, 3.05) is 47.1 Å². The van der Waals surface area contributed by atoms with Crippen LogP contribution in [-0.2, 0) is 24.3 Å². The number of ether oxygens (including phenoxy) is 2. The number of methoxy groups -OCH3 is 2. The van der Waals surface area contributed by atoms with E-state index in [1.165, 1.54) is 4.31 Å². The largest absolute Gasteiger partial charge is 0.383 e. The molecule has 0 N–H and O–H groups in total. The number of hydrogen-bond donors (Lipinski definition) is 0. The van der Waals surface area contributed by atoms with Gasteiger partial charge in [0.1, 0.15) is 6.04 Å². The summed E-state index contributed by atoms with van der Waals surface area (Å²) in [5.41, 5.74) is 0.989. The molecule has 1 aliphatic heterocycles. The van der Waals surface area contributed by atoms with E-state index < -0.39 is 16.1 Å². The number of rotatable bonds is 9. The van der Waals surface area contributed by atoms with E-state index in [0.29, 0.717) is 45.7 Å². The Labute approximate surface area is 155 Å². The van der Waals surface area contributed by atoms with Crippen LogP contribution in [0.1, 0.15) is 18.4 Å². The lowest BCUT2D eigenvalue weighted by atomic mass is 10.2. The van der Waals surface area contributed by atoms with Crippen LogP contribution < -0.4 is 0 Å². The van der Waals surface area contributed by atoms with Gasteiger partial charge in [0.25, 0.3) is 0 Å². The Bertz CT molecular complexity index is 682.